The van der Waals surface area contributed by atoms with Crippen molar-refractivity contribution in [2.24, 2.45) is 5.41 Å². The second-order valence-electron chi connectivity index (χ2n) is 7.06. The van der Waals surface area contributed by atoms with Crippen LogP contribution in [0.2, 0.25) is 0 Å². The Morgan fingerprint density at radius 2 is 2.09 bits per heavy atom. The molecule has 0 aliphatic carbocycles. The number of aromatic nitrogens is 2. The van der Waals surface area contributed by atoms with Crippen molar-refractivity contribution in [3.8, 4) is 0 Å². The van der Waals surface area contributed by atoms with Gasteiger partial charge in [0.1, 0.15) is 15.9 Å². The van der Waals surface area contributed by atoms with Crippen LogP contribution in [-0.2, 0) is 10.0 Å². The summed E-state index contributed by atoms with van der Waals surface area (Å²) in [6.07, 6.45) is 2.73. The van der Waals surface area contributed by atoms with Crippen molar-refractivity contribution in [1.82, 2.24) is 13.1 Å². The van der Waals surface area contributed by atoms with Crippen molar-refractivity contribution in [2.75, 3.05) is 6.54 Å². The standard InChI is InChI=1S/C15H21N3O2S2/c1-15(2,3)10-11-6-5-9-18(11)22(19,20)13-8-4-7-12-14(13)17-21-16-12/h4,7-8,11H,5-6,9-10H2,1-3H3/t11-/m0/s1. The van der Waals surface area contributed by atoms with Gasteiger partial charge in [0.05, 0.1) is 11.7 Å². The molecule has 7 heteroatoms. The summed E-state index contributed by atoms with van der Waals surface area (Å²) in [4.78, 5) is 0.291. The van der Waals surface area contributed by atoms with E-state index < -0.39 is 10.0 Å². The van der Waals surface area contributed by atoms with Crippen molar-refractivity contribution < 1.29 is 8.42 Å². The molecule has 1 aromatic carbocycles. The van der Waals surface area contributed by atoms with Crippen LogP contribution >= 0.6 is 11.7 Å². The predicted octanol–water partition coefficient (Wildman–Crippen LogP) is 3.28. The second-order valence-corrected chi connectivity index (χ2v) is 9.45. The zero-order valence-electron chi connectivity index (χ0n) is 13.1. The van der Waals surface area contributed by atoms with Gasteiger partial charge >= 0.3 is 0 Å². The van der Waals surface area contributed by atoms with Gasteiger partial charge in [0.15, 0.2) is 0 Å². The monoisotopic (exact) mass is 339 g/mol. The largest absolute Gasteiger partial charge is 0.245 e. The number of rotatable bonds is 3. The Balaban J connectivity index is 2.00. The number of hydrogen-bond donors (Lipinski definition) is 0. The molecule has 2 aromatic rings. The quantitative estimate of drug-likeness (QED) is 0.861. The van der Waals surface area contributed by atoms with Crippen LogP contribution in [0.5, 0.6) is 0 Å². The molecule has 120 valence electrons. The summed E-state index contributed by atoms with van der Waals surface area (Å²) in [5, 5.41) is 0. The Labute approximate surface area is 135 Å². The molecule has 0 amide bonds. The Kier molecular flexibility index (Phi) is 3.99. The third-order valence-corrected chi connectivity index (χ3v) is 6.53. The molecule has 5 nitrogen and oxygen atoms in total. The molecular weight excluding hydrogens is 318 g/mol. The van der Waals surface area contributed by atoms with Crippen LogP contribution in [0.4, 0.5) is 0 Å². The average Bonchev–Trinajstić information content (AvgIpc) is 3.04. The zero-order chi connectivity index (χ0) is 16.0. The molecule has 2 heterocycles. The van der Waals surface area contributed by atoms with Gasteiger partial charge in [0.2, 0.25) is 10.0 Å². The maximum atomic E-state index is 13.1. The third-order valence-electron chi connectivity index (χ3n) is 4.01. The van der Waals surface area contributed by atoms with Crippen LogP contribution in [0.1, 0.15) is 40.0 Å². The van der Waals surface area contributed by atoms with E-state index >= 15 is 0 Å². The van der Waals surface area contributed by atoms with E-state index in [4.69, 9.17) is 0 Å². The van der Waals surface area contributed by atoms with E-state index in [1.165, 1.54) is 0 Å². The zero-order valence-corrected chi connectivity index (χ0v) is 14.7. The molecule has 1 atom stereocenters. The number of fused-ring (bicyclic) bond motifs is 1. The molecule has 0 saturated carbocycles. The van der Waals surface area contributed by atoms with E-state index in [0.717, 1.165) is 31.0 Å². The maximum absolute atomic E-state index is 13.1. The molecule has 0 bridgehead atoms. The lowest BCUT2D eigenvalue weighted by molar-refractivity contribution is 0.267. The van der Waals surface area contributed by atoms with Gasteiger partial charge < -0.3 is 0 Å². The fraction of sp³-hybridized carbons (Fsp3) is 0.600. The van der Waals surface area contributed by atoms with Crippen molar-refractivity contribution in [3.05, 3.63) is 18.2 Å². The average molecular weight is 339 g/mol. The molecule has 1 aliphatic heterocycles. The summed E-state index contributed by atoms with van der Waals surface area (Å²) >= 11 is 1.05. The third kappa shape index (κ3) is 2.89. The highest BCUT2D eigenvalue weighted by Gasteiger charge is 2.38. The van der Waals surface area contributed by atoms with Gasteiger partial charge in [-0.05, 0) is 36.8 Å². The fourth-order valence-electron chi connectivity index (χ4n) is 3.15. The Morgan fingerprint density at radius 3 is 2.82 bits per heavy atom. The molecule has 22 heavy (non-hydrogen) atoms. The van der Waals surface area contributed by atoms with E-state index in [9.17, 15) is 8.42 Å². The van der Waals surface area contributed by atoms with Crippen LogP contribution in [-0.4, -0.2) is 34.1 Å². The first-order chi connectivity index (χ1) is 10.3. The normalized spacial score (nSPS) is 20.8. The number of sulfonamides is 1. The van der Waals surface area contributed by atoms with E-state index in [1.54, 1.807) is 22.5 Å². The summed E-state index contributed by atoms with van der Waals surface area (Å²) in [6.45, 7) is 7.06. The van der Waals surface area contributed by atoms with Gasteiger partial charge in [0.25, 0.3) is 0 Å². The lowest BCUT2D eigenvalue weighted by Gasteiger charge is -2.29. The first kappa shape index (κ1) is 15.8. The minimum Gasteiger partial charge on any atom is -0.207 e. The number of benzene rings is 1. The van der Waals surface area contributed by atoms with Crippen LogP contribution in [0.25, 0.3) is 11.0 Å². The Bertz CT molecular complexity index is 777. The van der Waals surface area contributed by atoms with Gasteiger partial charge in [-0.1, -0.05) is 26.8 Å². The SMILES string of the molecule is CC(C)(C)C[C@@H]1CCCN1S(=O)(=O)c1cccc2nsnc12. The molecule has 0 unspecified atom stereocenters. The molecule has 1 fully saturated rings. The number of hydrogen-bond acceptors (Lipinski definition) is 5. The van der Waals surface area contributed by atoms with Gasteiger partial charge in [0, 0.05) is 12.6 Å². The summed E-state index contributed by atoms with van der Waals surface area (Å²) < 4.78 is 36.2. The molecule has 0 radical (unpaired) electrons. The molecule has 1 aliphatic rings. The fourth-order valence-corrected chi connectivity index (χ4v) is 5.60. The van der Waals surface area contributed by atoms with Crippen molar-refractivity contribution >= 4 is 32.8 Å². The summed E-state index contributed by atoms with van der Waals surface area (Å²) in [7, 11) is -3.52. The maximum Gasteiger partial charge on any atom is 0.245 e. The molecular formula is C15H21N3O2S2. The lowest BCUT2D eigenvalue weighted by atomic mass is 9.88. The summed E-state index contributed by atoms with van der Waals surface area (Å²) in [5.41, 5.74) is 1.25. The highest BCUT2D eigenvalue weighted by Crippen LogP contribution is 2.35. The smallest absolute Gasteiger partial charge is 0.207 e. The molecule has 0 N–H and O–H groups in total. The van der Waals surface area contributed by atoms with Crippen LogP contribution in [0.15, 0.2) is 23.1 Å². The Hall–Kier alpha value is -1.05. The molecule has 1 aromatic heterocycles. The summed E-state index contributed by atoms with van der Waals surface area (Å²) in [5.74, 6) is 0. The topological polar surface area (TPSA) is 63.2 Å². The second kappa shape index (κ2) is 5.54. The number of nitrogens with zero attached hydrogens (tertiary/aromatic N) is 3. The predicted molar refractivity (Wildman–Crippen MR) is 88.4 cm³/mol. The molecule has 0 spiro atoms. The van der Waals surface area contributed by atoms with E-state index in [-0.39, 0.29) is 11.5 Å². The van der Waals surface area contributed by atoms with Crippen LogP contribution < -0.4 is 0 Å². The van der Waals surface area contributed by atoms with E-state index in [2.05, 4.69) is 29.5 Å². The lowest BCUT2D eigenvalue weighted by Crippen LogP contribution is -2.37. The van der Waals surface area contributed by atoms with Gasteiger partial charge in [-0.25, -0.2) is 8.42 Å². The van der Waals surface area contributed by atoms with Crippen molar-refractivity contribution in [3.63, 3.8) is 0 Å². The summed E-state index contributed by atoms with van der Waals surface area (Å²) in [6, 6.07) is 5.26. The molecule has 3 rings (SSSR count). The Morgan fingerprint density at radius 1 is 1.32 bits per heavy atom. The highest BCUT2D eigenvalue weighted by molar-refractivity contribution is 7.89. The van der Waals surface area contributed by atoms with E-state index in [1.807, 2.05) is 0 Å². The highest BCUT2D eigenvalue weighted by atomic mass is 32.2. The van der Waals surface area contributed by atoms with Crippen LogP contribution in [0, 0.1) is 5.41 Å². The van der Waals surface area contributed by atoms with Gasteiger partial charge in [-0.15, -0.1) is 0 Å². The van der Waals surface area contributed by atoms with Crippen molar-refractivity contribution in [2.45, 2.75) is 51.0 Å². The minimum atomic E-state index is -3.52. The van der Waals surface area contributed by atoms with Gasteiger partial charge in [-0.3, -0.25) is 0 Å². The first-order valence-electron chi connectivity index (χ1n) is 7.52. The minimum absolute atomic E-state index is 0.0758. The van der Waals surface area contributed by atoms with Gasteiger partial charge in [-0.2, -0.15) is 13.1 Å². The van der Waals surface area contributed by atoms with Crippen molar-refractivity contribution in [1.29, 1.82) is 0 Å². The first-order valence-corrected chi connectivity index (χ1v) is 9.69. The molecule has 1 saturated heterocycles. The van der Waals surface area contributed by atoms with Crippen LogP contribution in [0.3, 0.4) is 0 Å². The van der Waals surface area contributed by atoms with E-state index in [0.29, 0.717) is 22.5 Å².